The molecule has 0 bridgehead atoms. The summed E-state index contributed by atoms with van der Waals surface area (Å²) in [5.74, 6) is 0.912. The number of hydrogen-bond acceptors (Lipinski definition) is 5. The molecule has 1 aliphatic heterocycles. The number of nitrogens with one attached hydrogen (secondary N) is 1. The van der Waals surface area contributed by atoms with E-state index in [-0.39, 0.29) is 5.91 Å². The predicted molar refractivity (Wildman–Crippen MR) is 99.4 cm³/mol. The SMILES string of the molecule is CC(C)c1ccc(Nc2cc(C(=O)N3CCN(C=O)CC3)ncn2)cc1. The smallest absolute Gasteiger partial charge is 0.272 e. The lowest BCUT2D eigenvalue weighted by molar-refractivity contribution is -0.119. The minimum absolute atomic E-state index is 0.142. The number of aromatic nitrogens is 2. The van der Waals surface area contributed by atoms with Gasteiger partial charge in [-0.2, -0.15) is 0 Å². The second-order valence-electron chi connectivity index (χ2n) is 6.62. The van der Waals surface area contributed by atoms with Crippen molar-refractivity contribution in [2.24, 2.45) is 0 Å². The van der Waals surface area contributed by atoms with Crippen LogP contribution >= 0.6 is 0 Å². The quantitative estimate of drug-likeness (QED) is 0.834. The summed E-state index contributed by atoms with van der Waals surface area (Å²) in [6.45, 7) is 6.43. The fraction of sp³-hybridized carbons (Fsp3) is 0.368. The summed E-state index contributed by atoms with van der Waals surface area (Å²) >= 11 is 0. The number of amides is 2. The second-order valence-corrected chi connectivity index (χ2v) is 6.62. The van der Waals surface area contributed by atoms with Gasteiger partial charge in [0.25, 0.3) is 5.91 Å². The standard InChI is InChI=1S/C19H23N5O2/c1-14(2)15-3-5-16(6-4-15)22-18-11-17(20-12-21-18)19(26)24-9-7-23(13-25)8-10-24/h3-6,11-14H,7-10H2,1-2H3,(H,20,21,22). The van der Waals surface area contributed by atoms with Crippen LogP contribution < -0.4 is 5.32 Å². The van der Waals surface area contributed by atoms with E-state index in [4.69, 9.17) is 0 Å². The van der Waals surface area contributed by atoms with E-state index >= 15 is 0 Å². The van der Waals surface area contributed by atoms with Gasteiger partial charge in [-0.05, 0) is 23.6 Å². The molecule has 1 aromatic heterocycles. The summed E-state index contributed by atoms with van der Waals surface area (Å²) in [5, 5.41) is 3.21. The average molecular weight is 353 g/mol. The van der Waals surface area contributed by atoms with Crippen LogP contribution in [-0.4, -0.2) is 58.3 Å². The molecule has 0 aliphatic carbocycles. The lowest BCUT2D eigenvalue weighted by Gasteiger charge is -2.32. The Morgan fingerprint density at radius 3 is 2.42 bits per heavy atom. The number of piperazine rings is 1. The lowest BCUT2D eigenvalue weighted by Crippen LogP contribution is -2.48. The molecule has 1 fully saturated rings. The van der Waals surface area contributed by atoms with Gasteiger partial charge in [-0.15, -0.1) is 0 Å². The molecule has 2 aromatic rings. The van der Waals surface area contributed by atoms with Gasteiger partial charge in [0.05, 0.1) is 0 Å². The molecule has 0 saturated carbocycles. The van der Waals surface area contributed by atoms with Crippen molar-refractivity contribution in [2.75, 3.05) is 31.5 Å². The van der Waals surface area contributed by atoms with E-state index in [0.29, 0.717) is 43.6 Å². The Bertz CT molecular complexity index is 768. The Kier molecular flexibility index (Phi) is 5.46. The summed E-state index contributed by atoms with van der Waals surface area (Å²) in [6, 6.07) is 9.81. The van der Waals surface area contributed by atoms with E-state index in [2.05, 4.69) is 41.3 Å². The first-order chi connectivity index (χ1) is 12.6. The number of anilines is 2. The van der Waals surface area contributed by atoms with E-state index in [9.17, 15) is 9.59 Å². The molecule has 136 valence electrons. The van der Waals surface area contributed by atoms with Gasteiger partial charge in [0, 0.05) is 37.9 Å². The van der Waals surface area contributed by atoms with Crippen LogP contribution in [0.4, 0.5) is 11.5 Å². The first-order valence-corrected chi connectivity index (χ1v) is 8.74. The summed E-state index contributed by atoms with van der Waals surface area (Å²) in [7, 11) is 0. The van der Waals surface area contributed by atoms with E-state index in [1.165, 1.54) is 11.9 Å². The number of hydrogen-bond donors (Lipinski definition) is 1. The number of nitrogens with zero attached hydrogens (tertiary/aromatic N) is 4. The van der Waals surface area contributed by atoms with E-state index in [0.717, 1.165) is 12.1 Å². The van der Waals surface area contributed by atoms with Crippen LogP contribution in [0.15, 0.2) is 36.7 Å². The molecule has 0 unspecified atom stereocenters. The molecule has 2 heterocycles. The third kappa shape index (κ3) is 4.17. The number of carbonyl (C=O) groups is 2. The van der Waals surface area contributed by atoms with Crippen molar-refractivity contribution in [1.29, 1.82) is 0 Å². The van der Waals surface area contributed by atoms with Gasteiger partial charge >= 0.3 is 0 Å². The largest absolute Gasteiger partial charge is 0.342 e. The fourth-order valence-electron chi connectivity index (χ4n) is 2.83. The summed E-state index contributed by atoms with van der Waals surface area (Å²) in [4.78, 5) is 35.1. The molecule has 7 nitrogen and oxygen atoms in total. The monoisotopic (exact) mass is 353 g/mol. The molecule has 1 N–H and O–H groups in total. The van der Waals surface area contributed by atoms with Crippen LogP contribution in [0, 0.1) is 0 Å². The van der Waals surface area contributed by atoms with Gasteiger partial charge in [0.15, 0.2) is 0 Å². The minimum Gasteiger partial charge on any atom is -0.342 e. The second kappa shape index (κ2) is 7.95. The van der Waals surface area contributed by atoms with Crippen molar-refractivity contribution in [3.63, 3.8) is 0 Å². The molecule has 0 spiro atoms. The Morgan fingerprint density at radius 1 is 1.12 bits per heavy atom. The lowest BCUT2D eigenvalue weighted by atomic mass is 10.0. The Hall–Kier alpha value is -2.96. The molecule has 26 heavy (non-hydrogen) atoms. The van der Waals surface area contributed by atoms with Crippen LogP contribution in [0.3, 0.4) is 0 Å². The van der Waals surface area contributed by atoms with Crippen molar-refractivity contribution in [2.45, 2.75) is 19.8 Å². The highest BCUT2D eigenvalue weighted by Gasteiger charge is 2.22. The third-order valence-corrected chi connectivity index (χ3v) is 4.49. The van der Waals surface area contributed by atoms with Crippen molar-refractivity contribution in [3.05, 3.63) is 47.9 Å². The van der Waals surface area contributed by atoms with Gasteiger partial charge in [0.1, 0.15) is 17.8 Å². The zero-order chi connectivity index (χ0) is 18.5. The average Bonchev–Trinajstić information content (AvgIpc) is 2.68. The first kappa shape index (κ1) is 17.8. The fourth-order valence-corrected chi connectivity index (χ4v) is 2.83. The van der Waals surface area contributed by atoms with Crippen LogP contribution in [0.25, 0.3) is 0 Å². The number of rotatable bonds is 5. The Morgan fingerprint density at radius 2 is 1.81 bits per heavy atom. The highest BCUT2D eigenvalue weighted by atomic mass is 16.2. The Balaban J connectivity index is 1.68. The van der Waals surface area contributed by atoms with Crippen molar-refractivity contribution in [1.82, 2.24) is 19.8 Å². The van der Waals surface area contributed by atoms with Gasteiger partial charge < -0.3 is 15.1 Å². The molecule has 1 aliphatic rings. The van der Waals surface area contributed by atoms with Crippen molar-refractivity contribution < 1.29 is 9.59 Å². The molecule has 7 heteroatoms. The van der Waals surface area contributed by atoms with Crippen molar-refractivity contribution in [3.8, 4) is 0 Å². The van der Waals surface area contributed by atoms with Gasteiger partial charge in [-0.25, -0.2) is 9.97 Å². The van der Waals surface area contributed by atoms with Crippen LogP contribution in [-0.2, 0) is 4.79 Å². The molecular weight excluding hydrogens is 330 g/mol. The van der Waals surface area contributed by atoms with Crippen molar-refractivity contribution >= 4 is 23.8 Å². The maximum Gasteiger partial charge on any atom is 0.272 e. The number of carbonyl (C=O) groups excluding carboxylic acids is 2. The predicted octanol–water partition coefficient (Wildman–Crippen LogP) is 2.26. The molecule has 2 amide bonds. The molecule has 0 atom stereocenters. The normalized spacial score (nSPS) is 14.4. The van der Waals surface area contributed by atoms with Crippen LogP contribution in [0.5, 0.6) is 0 Å². The van der Waals surface area contributed by atoms with Gasteiger partial charge in [-0.3, -0.25) is 9.59 Å². The molecule has 0 radical (unpaired) electrons. The number of benzene rings is 1. The zero-order valence-corrected chi connectivity index (χ0v) is 15.1. The highest BCUT2D eigenvalue weighted by Crippen LogP contribution is 2.20. The van der Waals surface area contributed by atoms with Gasteiger partial charge in [-0.1, -0.05) is 26.0 Å². The third-order valence-electron chi connectivity index (χ3n) is 4.49. The van der Waals surface area contributed by atoms with E-state index in [1.54, 1.807) is 15.9 Å². The summed E-state index contributed by atoms with van der Waals surface area (Å²) in [5.41, 5.74) is 2.52. The molecule has 1 aromatic carbocycles. The summed E-state index contributed by atoms with van der Waals surface area (Å²) < 4.78 is 0. The maximum atomic E-state index is 12.6. The van der Waals surface area contributed by atoms with Gasteiger partial charge in [0.2, 0.25) is 6.41 Å². The first-order valence-electron chi connectivity index (χ1n) is 8.74. The highest BCUT2D eigenvalue weighted by molar-refractivity contribution is 5.93. The minimum atomic E-state index is -0.142. The van der Waals surface area contributed by atoms with E-state index in [1.807, 2.05) is 12.1 Å². The van der Waals surface area contributed by atoms with E-state index < -0.39 is 0 Å². The molecular formula is C19H23N5O2. The van der Waals surface area contributed by atoms with Crippen LogP contribution in [0.2, 0.25) is 0 Å². The molecule has 3 rings (SSSR count). The zero-order valence-electron chi connectivity index (χ0n) is 15.1. The molecule has 1 saturated heterocycles. The van der Waals surface area contributed by atoms with Crippen LogP contribution in [0.1, 0.15) is 35.8 Å². The Labute approximate surface area is 153 Å². The summed E-state index contributed by atoms with van der Waals surface area (Å²) in [6.07, 6.45) is 2.21. The topological polar surface area (TPSA) is 78.4 Å². The maximum absolute atomic E-state index is 12.6.